The van der Waals surface area contributed by atoms with Crippen molar-refractivity contribution in [2.45, 2.75) is 4.58 Å². The topological polar surface area (TPSA) is 0 Å². The van der Waals surface area contributed by atoms with Gasteiger partial charge < -0.3 is 0 Å². The van der Waals surface area contributed by atoms with Crippen LogP contribution in [0.2, 0.25) is 0 Å². The molecule has 1 aromatic rings. The van der Waals surface area contributed by atoms with Gasteiger partial charge in [-0.15, -0.1) is 0 Å². The molecule has 0 radical (unpaired) electrons. The van der Waals surface area contributed by atoms with Gasteiger partial charge >= 0.3 is 0 Å². The molecule has 1 heterocycles. The zero-order valence-corrected chi connectivity index (χ0v) is 8.14. The van der Waals surface area contributed by atoms with Crippen molar-refractivity contribution >= 4 is 39.3 Å². The zero-order valence-electron chi connectivity index (χ0n) is 5.69. The molecule has 1 aliphatic rings. The smallest absolute Gasteiger partial charge is 0.0880 e. The fraction of sp³-hybridized carbons (Fsp3) is 0.125. The molecule has 0 amide bonds. The number of hydrogen-bond donors (Lipinski definition) is 0. The van der Waals surface area contributed by atoms with Crippen LogP contribution in [0, 0.1) is 0 Å². The third kappa shape index (κ3) is 1.60. The van der Waals surface area contributed by atoms with Gasteiger partial charge in [-0.25, -0.2) is 0 Å². The number of rotatable bonds is 1. The quantitative estimate of drug-likeness (QED) is 0.634. The van der Waals surface area contributed by atoms with E-state index in [0.29, 0.717) is 4.58 Å². The Bertz CT molecular complexity index is 260. The van der Waals surface area contributed by atoms with Crippen molar-refractivity contribution < 1.29 is 0 Å². The molecule has 0 aliphatic carbocycles. The lowest BCUT2D eigenvalue weighted by molar-refractivity contribution is 1.39. The molecule has 1 saturated heterocycles. The van der Waals surface area contributed by atoms with E-state index in [-0.39, 0.29) is 0 Å². The molecule has 3 heteroatoms. The molecule has 0 aromatic heterocycles. The van der Waals surface area contributed by atoms with Crippen LogP contribution in [-0.2, 0) is 0 Å². The van der Waals surface area contributed by atoms with Gasteiger partial charge in [0.05, 0.1) is 4.58 Å². The maximum Gasteiger partial charge on any atom is 0.107 e. The Morgan fingerprint density at radius 3 is 2.27 bits per heavy atom. The van der Waals surface area contributed by atoms with E-state index in [4.69, 9.17) is 12.2 Å². The summed E-state index contributed by atoms with van der Waals surface area (Å²) < 4.78 is 1.63. The standard InChI is InChI=1S/C8H6S3/c9-8-10-7(11-8)6-4-2-1-3-5-6/h1-5,7H. The zero-order chi connectivity index (χ0) is 7.68. The first-order valence-electron chi connectivity index (χ1n) is 3.28. The predicted molar refractivity (Wildman–Crippen MR) is 57.0 cm³/mol. The third-order valence-electron chi connectivity index (χ3n) is 1.48. The summed E-state index contributed by atoms with van der Waals surface area (Å²) >= 11 is 8.54. The Labute approximate surface area is 79.8 Å². The van der Waals surface area contributed by atoms with Gasteiger partial charge in [-0.3, -0.25) is 0 Å². The van der Waals surface area contributed by atoms with Crippen molar-refractivity contribution in [3.05, 3.63) is 35.9 Å². The maximum atomic E-state index is 4.99. The molecule has 0 nitrogen and oxygen atoms in total. The lowest BCUT2D eigenvalue weighted by Crippen LogP contribution is -2.03. The third-order valence-corrected chi connectivity index (χ3v) is 4.57. The summed E-state index contributed by atoms with van der Waals surface area (Å²) in [6.07, 6.45) is 0. The Morgan fingerprint density at radius 1 is 1.09 bits per heavy atom. The second kappa shape index (κ2) is 3.17. The highest BCUT2D eigenvalue weighted by molar-refractivity contribution is 8.59. The predicted octanol–water partition coefficient (Wildman–Crippen LogP) is 3.45. The van der Waals surface area contributed by atoms with Crippen molar-refractivity contribution in [2.24, 2.45) is 0 Å². The molecule has 1 fully saturated rings. The van der Waals surface area contributed by atoms with Crippen LogP contribution >= 0.6 is 35.7 Å². The van der Waals surface area contributed by atoms with Gasteiger partial charge in [0.2, 0.25) is 0 Å². The fourth-order valence-corrected chi connectivity index (χ4v) is 3.69. The second-order valence-corrected chi connectivity index (χ2v) is 5.94. The number of thiocarbonyl (C=S) groups is 1. The van der Waals surface area contributed by atoms with Crippen LogP contribution in [0.15, 0.2) is 30.3 Å². The van der Waals surface area contributed by atoms with Gasteiger partial charge in [-0.1, -0.05) is 66.1 Å². The molecular weight excluding hydrogens is 192 g/mol. The molecule has 0 N–H and O–H groups in total. The van der Waals surface area contributed by atoms with Crippen molar-refractivity contribution in [1.29, 1.82) is 0 Å². The van der Waals surface area contributed by atoms with E-state index in [2.05, 4.69) is 24.3 Å². The molecule has 11 heavy (non-hydrogen) atoms. The minimum Gasteiger partial charge on any atom is -0.0880 e. The fourth-order valence-electron chi connectivity index (χ4n) is 0.930. The second-order valence-electron chi connectivity index (χ2n) is 2.23. The highest BCUT2D eigenvalue weighted by Gasteiger charge is 2.26. The van der Waals surface area contributed by atoms with Gasteiger partial charge in [-0.2, -0.15) is 0 Å². The molecule has 0 unspecified atom stereocenters. The summed E-state index contributed by atoms with van der Waals surface area (Å²) in [6, 6.07) is 10.5. The van der Waals surface area contributed by atoms with E-state index >= 15 is 0 Å². The summed E-state index contributed by atoms with van der Waals surface area (Å²) in [7, 11) is 0. The molecule has 1 aliphatic heterocycles. The Kier molecular flexibility index (Phi) is 2.20. The summed E-state index contributed by atoms with van der Waals surface area (Å²) in [6.45, 7) is 0. The summed E-state index contributed by atoms with van der Waals surface area (Å²) in [5, 5.41) is 0. The lowest BCUT2D eigenvalue weighted by Gasteiger charge is -2.24. The SMILES string of the molecule is S=C1SC(c2ccccc2)S1. The number of thioether (sulfide) groups is 2. The molecule has 56 valence electrons. The average molecular weight is 198 g/mol. The van der Waals surface area contributed by atoms with Crippen LogP contribution in [0.5, 0.6) is 0 Å². The van der Waals surface area contributed by atoms with E-state index in [1.165, 1.54) is 5.56 Å². The lowest BCUT2D eigenvalue weighted by atomic mass is 10.2. The summed E-state index contributed by atoms with van der Waals surface area (Å²) in [5.74, 6) is 0. The first-order valence-corrected chi connectivity index (χ1v) is 5.45. The highest BCUT2D eigenvalue weighted by atomic mass is 32.3. The van der Waals surface area contributed by atoms with Gasteiger partial charge in [0, 0.05) is 0 Å². The molecular formula is C8H6S3. The van der Waals surface area contributed by atoms with Crippen LogP contribution < -0.4 is 0 Å². The van der Waals surface area contributed by atoms with Crippen LogP contribution in [0.4, 0.5) is 0 Å². The largest absolute Gasteiger partial charge is 0.107 e. The van der Waals surface area contributed by atoms with Crippen LogP contribution in [0.25, 0.3) is 0 Å². The minimum atomic E-state index is 0.559. The monoisotopic (exact) mass is 198 g/mol. The molecule has 0 bridgehead atoms. The van der Waals surface area contributed by atoms with Gasteiger partial charge in [0.1, 0.15) is 3.53 Å². The van der Waals surface area contributed by atoms with E-state index in [1.54, 1.807) is 23.5 Å². The van der Waals surface area contributed by atoms with Gasteiger partial charge in [0.15, 0.2) is 0 Å². The summed E-state index contributed by atoms with van der Waals surface area (Å²) in [5.41, 5.74) is 1.37. The van der Waals surface area contributed by atoms with E-state index in [1.807, 2.05) is 6.07 Å². The van der Waals surface area contributed by atoms with Crippen LogP contribution in [0.3, 0.4) is 0 Å². The van der Waals surface area contributed by atoms with Crippen molar-refractivity contribution in [3.63, 3.8) is 0 Å². The molecule has 1 aromatic carbocycles. The first kappa shape index (κ1) is 7.65. The summed E-state index contributed by atoms with van der Waals surface area (Å²) in [4.78, 5) is 0. The van der Waals surface area contributed by atoms with Crippen molar-refractivity contribution in [3.8, 4) is 0 Å². The maximum absolute atomic E-state index is 4.99. The normalized spacial score (nSPS) is 18.0. The molecule has 0 atom stereocenters. The molecule has 0 spiro atoms. The average Bonchev–Trinajstić information content (AvgIpc) is 2.01. The van der Waals surface area contributed by atoms with Crippen LogP contribution in [-0.4, -0.2) is 3.53 Å². The highest BCUT2D eigenvalue weighted by Crippen LogP contribution is 2.53. The Morgan fingerprint density at radius 2 is 1.73 bits per heavy atom. The first-order chi connectivity index (χ1) is 5.36. The van der Waals surface area contributed by atoms with Crippen molar-refractivity contribution in [1.82, 2.24) is 0 Å². The number of benzene rings is 1. The van der Waals surface area contributed by atoms with Gasteiger partial charge in [0.25, 0.3) is 0 Å². The van der Waals surface area contributed by atoms with Gasteiger partial charge in [-0.05, 0) is 5.56 Å². The van der Waals surface area contributed by atoms with E-state index < -0.39 is 0 Å². The minimum absolute atomic E-state index is 0.559. The number of hydrogen-bond acceptors (Lipinski definition) is 3. The van der Waals surface area contributed by atoms with E-state index in [0.717, 1.165) is 3.53 Å². The van der Waals surface area contributed by atoms with Crippen molar-refractivity contribution in [2.75, 3.05) is 0 Å². The van der Waals surface area contributed by atoms with Crippen LogP contribution in [0.1, 0.15) is 10.1 Å². The Hall–Kier alpha value is 0.01000. The van der Waals surface area contributed by atoms with E-state index in [9.17, 15) is 0 Å². The molecule has 2 rings (SSSR count). The molecule has 0 saturated carbocycles. The Balaban J connectivity index is 2.13.